The molecule has 1 aromatic heterocycles. The minimum absolute atomic E-state index is 0.0294. The maximum atomic E-state index is 13.6. The highest BCUT2D eigenvalue weighted by Gasteiger charge is 2.30. The summed E-state index contributed by atoms with van der Waals surface area (Å²) >= 11 is 0. The summed E-state index contributed by atoms with van der Waals surface area (Å²) in [5.41, 5.74) is 10.1. The van der Waals surface area contributed by atoms with Crippen molar-refractivity contribution in [3.05, 3.63) is 114 Å². The SMILES string of the molecule is N#Cc1ccc(N[C@H]2CC[C@H](N(C(=O)NCc3ccccc3)c3ccc(-c4cccc(C(N)=O)c4)cc3)CC2)nc1. The van der Waals surface area contributed by atoms with E-state index in [0.717, 1.165) is 53.9 Å². The lowest BCUT2D eigenvalue weighted by atomic mass is 9.89. The van der Waals surface area contributed by atoms with Gasteiger partial charge < -0.3 is 16.4 Å². The van der Waals surface area contributed by atoms with E-state index in [-0.39, 0.29) is 18.1 Å². The van der Waals surface area contributed by atoms with Gasteiger partial charge in [-0.25, -0.2) is 9.78 Å². The molecule has 8 nitrogen and oxygen atoms in total. The average molecular weight is 545 g/mol. The first-order valence-corrected chi connectivity index (χ1v) is 13.7. The van der Waals surface area contributed by atoms with Crippen molar-refractivity contribution in [2.24, 2.45) is 5.73 Å². The quantitative estimate of drug-likeness (QED) is 0.256. The van der Waals surface area contributed by atoms with E-state index in [0.29, 0.717) is 17.7 Å². The van der Waals surface area contributed by atoms with Gasteiger partial charge in [0.1, 0.15) is 11.9 Å². The molecule has 4 N–H and O–H groups in total. The smallest absolute Gasteiger partial charge is 0.322 e. The van der Waals surface area contributed by atoms with Gasteiger partial charge in [-0.15, -0.1) is 0 Å². The molecule has 1 saturated carbocycles. The van der Waals surface area contributed by atoms with Crippen molar-refractivity contribution in [2.45, 2.75) is 44.3 Å². The monoisotopic (exact) mass is 544 g/mol. The second-order valence-corrected chi connectivity index (χ2v) is 10.2. The number of carbonyl (C=O) groups is 2. The molecule has 8 heteroatoms. The molecule has 0 aliphatic heterocycles. The van der Waals surface area contributed by atoms with Crippen LogP contribution < -0.4 is 21.3 Å². The fourth-order valence-electron chi connectivity index (χ4n) is 5.25. The Labute approximate surface area is 239 Å². The summed E-state index contributed by atoms with van der Waals surface area (Å²) in [6.07, 6.45) is 4.99. The van der Waals surface area contributed by atoms with Gasteiger partial charge in [0.05, 0.1) is 5.56 Å². The number of aromatic nitrogens is 1. The predicted octanol–water partition coefficient (Wildman–Crippen LogP) is 5.86. The van der Waals surface area contributed by atoms with Gasteiger partial charge in [-0.3, -0.25) is 9.69 Å². The van der Waals surface area contributed by atoms with Gasteiger partial charge in [-0.2, -0.15) is 5.26 Å². The van der Waals surface area contributed by atoms with E-state index in [1.165, 1.54) is 0 Å². The molecule has 0 radical (unpaired) electrons. The third-order valence-corrected chi connectivity index (χ3v) is 7.44. The third kappa shape index (κ3) is 6.89. The fourth-order valence-corrected chi connectivity index (χ4v) is 5.25. The summed E-state index contributed by atoms with van der Waals surface area (Å²) in [7, 11) is 0. The largest absolute Gasteiger partial charge is 0.367 e. The number of urea groups is 1. The molecule has 0 spiro atoms. The maximum Gasteiger partial charge on any atom is 0.322 e. The lowest BCUT2D eigenvalue weighted by Crippen LogP contribution is -2.48. The maximum absolute atomic E-state index is 13.6. The van der Waals surface area contributed by atoms with Crippen LogP contribution in [0.4, 0.5) is 16.3 Å². The van der Waals surface area contributed by atoms with Crippen LogP contribution in [-0.2, 0) is 6.54 Å². The number of nitrogens with one attached hydrogen (secondary N) is 2. The van der Waals surface area contributed by atoms with Crippen LogP contribution in [0, 0.1) is 11.3 Å². The second kappa shape index (κ2) is 12.8. The number of rotatable bonds is 8. The Kier molecular flexibility index (Phi) is 8.55. The number of hydrogen-bond acceptors (Lipinski definition) is 5. The van der Waals surface area contributed by atoms with Crippen molar-refractivity contribution >= 4 is 23.4 Å². The molecule has 1 heterocycles. The number of anilines is 2. The Bertz CT molecular complexity index is 1520. The van der Waals surface area contributed by atoms with Gasteiger partial charge in [0.25, 0.3) is 0 Å². The predicted molar refractivity (Wildman–Crippen MR) is 160 cm³/mol. The molecule has 3 amide bonds. The Morgan fingerprint density at radius 1 is 0.902 bits per heavy atom. The van der Waals surface area contributed by atoms with E-state index in [1.54, 1.807) is 24.4 Å². The second-order valence-electron chi connectivity index (χ2n) is 10.2. The van der Waals surface area contributed by atoms with Crippen molar-refractivity contribution in [2.75, 3.05) is 10.2 Å². The Hall–Kier alpha value is -5.16. The molecule has 41 heavy (non-hydrogen) atoms. The van der Waals surface area contributed by atoms with Crippen molar-refractivity contribution in [3.63, 3.8) is 0 Å². The molecule has 3 aromatic carbocycles. The van der Waals surface area contributed by atoms with Crippen molar-refractivity contribution in [1.29, 1.82) is 5.26 Å². The highest BCUT2D eigenvalue weighted by molar-refractivity contribution is 5.95. The molecule has 0 unspecified atom stereocenters. The molecule has 206 valence electrons. The number of benzene rings is 3. The Balaban J connectivity index is 1.32. The number of nitriles is 1. The van der Waals surface area contributed by atoms with Gasteiger partial charge in [0, 0.05) is 36.1 Å². The minimum atomic E-state index is -0.468. The van der Waals surface area contributed by atoms with Crippen molar-refractivity contribution < 1.29 is 9.59 Å². The average Bonchev–Trinajstić information content (AvgIpc) is 3.02. The number of primary amides is 1. The first kappa shape index (κ1) is 27.4. The van der Waals surface area contributed by atoms with Crippen LogP contribution in [0.3, 0.4) is 0 Å². The topological polar surface area (TPSA) is 124 Å². The molecule has 4 aromatic rings. The van der Waals surface area contributed by atoms with Gasteiger partial charge in [-0.1, -0.05) is 54.6 Å². The van der Waals surface area contributed by atoms with Gasteiger partial charge in [-0.05, 0) is 78.8 Å². The Morgan fingerprint density at radius 2 is 1.66 bits per heavy atom. The van der Waals surface area contributed by atoms with Crippen LogP contribution in [0.5, 0.6) is 0 Å². The van der Waals surface area contributed by atoms with E-state index >= 15 is 0 Å². The van der Waals surface area contributed by atoms with E-state index in [1.807, 2.05) is 77.7 Å². The molecule has 1 aliphatic carbocycles. The highest BCUT2D eigenvalue weighted by atomic mass is 16.2. The van der Waals surface area contributed by atoms with Gasteiger partial charge >= 0.3 is 6.03 Å². The standard InChI is InChI=1S/C33H32N6O2/c34-20-24-9-18-31(36-22-24)38-28-12-16-30(17-13-28)39(33(41)37-21-23-5-2-1-3-6-23)29-14-10-25(11-15-29)26-7-4-8-27(19-26)32(35)40/h1-11,14-15,18-19,22,28,30H,12-13,16-17,21H2,(H2,35,40)(H,36,38)(H,37,41)/t28-,30-. The third-order valence-electron chi connectivity index (χ3n) is 7.44. The minimum Gasteiger partial charge on any atom is -0.367 e. The van der Waals surface area contributed by atoms with E-state index in [4.69, 9.17) is 11.0 Å². The van der Waals surface area contributed by atoms with E-state index in [9.17, 15) is 9.59 Å². The molecule has 1 fully saturated rings. The fraction of sp³-hybridized carbons (Fsp3) is 0.212. The lowest BCUT2D eigenvalue weighted by Gasteiger charge is -2.37. The normalized spacial score (nSPS) is 16.3. The number of nitrogens with two attached hydrogens (primary N) is 1. The first-order chi connectivity index (χ1) is 20.0. The van der Waals surface area contributed by atoms with Gasteiger partial charge in [0.2, 0.25) is 5.91 Å². The summed E-state index contributed by atoms with van der Waals surface area (Å²) in [5, 5.41) is 15.6. The first-order valence-electron chi connectivity index (χ1n) is 13.7. The van der Waals surface area contributed by atoms with Crippen LogP contribution in [-0.4, -0.2) is 29.0 Å². The summed E-state index contributed by atoms with van der Waals surface area (Å²) in [5.74, 6) is 0.283. The zero-order valence-corrected chi connectivity index (χ0v) is 22.7. The number of nitrogens with zero attached hydrogens (tertiary/aromatic N) is 3. The van der Waals surface area contributed by atoms with E-state index < -0.39 is 5.91 Å². The van der Waals surface area contributed by atoms with Crippen LogP contribution in [0.25, 0.3) is 11.1 Å². The number of carbonyl (C=O) groups excluding carboxylic acids is 2. The molecular weight excluding hydrogens is 512 g/mol. The molecule has 0 bridgehead atoms. The van der Waals surface area contributed by atoms with E-state index in [2.05, 4.69) is 21.7 Å². The molecule has 0 saturated heterocycles. The van der Waals surface area contributed by atoms with Crippen LogP contribution in [0.2, 0.25) is 0 Å². The van der Waals surface area contributed by atoms with Crippen molar-refractivity contribution in [1.82, 2.24) is 10.3 Å². The zero-order chi connectivity index (χ0) is 28.6. The summed E-state index contributed by atoms with van der Waals surface area (Å²) < 4.78 is 0. The molecule has 1 aliphatic rings. The van der Waals surface area contributed by atoms with Gasteiger partial charge in [0.15, 0.2) is 0 Å². The molecular formula is C33H32N6O2. The molecule has 5 rings (SSSR count). The van der Waals surface area contributed by atoms with Crippen LogP contribution in [0.15, 0.2) is 97.2 Å². The highest BCUT2D eigenvalue weighted by Crippen LogP contribution is 2.31. The van der Waals surface area contributed by atoms with Crippen LogP contribution >= 0.6 is 0 Å². The summed E-state index contributed by atoms with van der Waals surface area (Å²) in [6.45, 7) is 0.440. The summed E-state index contributed by atoms with van der Waals surface area (Å²) in [6, 6.07) is 30.7. The number of hydrogen-bond donors (Lipinski definition) is 3. The lowest BCUT2D eigenvalue weighted by molar-refractivity contribution is 0.1000. The van der Waals surface area contributed by atoms with Crippen molar-refractivity contribution in [3.8, 4) is 17.2 Å². The number of amides is 3. The number of pyridine rings is 1. The van der Waals surface area contributed by atoms with Crippen LogP contribution in [0.1, 0.15) is 47.2 Å². The molecule has 0 atom stereocenters. The Morgan fingerprint density at radius 3 is 2.32 bits per heavy atom. The zero-order valence-electron chi connectivity index (χ0n) is 22.7. The summed E-state index contributed by atoms with van der Waals surface area (Å²) in [4.78, 5) is 31.5.